The van der Waals surface area contributed by atoms with Crippen molar-refractivity contribution >= 4 is 68.8 Å². The minimum atomic E-state index is -0.646. The molecule has 3 saturated carbocycles. The zero-order valence-corrected chi connectivity index (χ0v) is 44.9. The number of nitrogens with one attached hydrogen (secondary N) is 8. The van der Waals surface area contributed by atoms with Gasteiger partial charge >= 0.3 is 0 Å². The molecule has 3 aliphatic carbocycles. The minimum Gasteiger partial charge on any atom is -0.369 e. The maximum absolute atomic E-state index is 14.3. The van der Waals surface area contributed by atoms with E-state index >= 15 is 0 Å². The van der Waals surface area contributed by atoms with Gasteiger partial charge in [-0.05, 0) is 96.4 Å². The second kappa shape index (κ2) is 26.4. The van der Waals surface area contributed by atoms with E-state index in [2.05, 4.69) is 48.6 Å². The van der Waals surface area contributed by atoms with Gasteiger partial charge in [0.05, 0.1) is 35.6 Å². The first-order valence-electron chi connectivity index (χ1n) is 28.1. The van der Waals surface area contributed by atoms with Crippen LogP contribution in [0.4, 0.5) is 0 Å². The Labute approximate surface area is 451 Å². The molecule has 11 atom stereocenters. The highest BCUT2D eigenvalue weighted by Crippen LogP contribution is 2.30. The number of primary amides is 1. The Balaban J connectivity index is 0.878. The van der Waals surface area contributed by atoms with E-state index in [0.717, 1.165) is 51.9 Å². The maximum Gasteiger partial charge on any atom is 0.226 e. The number of amides is 8. The molecule has 1 aliphatic heterocycles. The van der Waals surface area contributed by atoms with Gasteiger partial charge in [0.1, 0.15) is 0 Å². The molecule has 0 bridgehead atoms. The van der Waals surface area contributed by atoms with Gasteiger partial charge in [0, 0.05) is 69.6 Å². The minimum absolute atomic E-state index is 0.00792. The van der Waals surface area contributed by atoms with Gasteiger partial charge in [-0.3, -0.25) is 38.4 Å². The summed E-state index contributed by atoms with van der Waals surface area (Å²) in [5, 5.41) is 29.1. The van der Waals surface area contributed by atoms with Crippen LogP contribution >= 0.6 is 0 Å². The van der Waals surface area contributed by atoms with E-state index in [1.165, 1.54) is 6.92 Å². The fourth-order valence-corrected chi connectivity index (χ4v) is 12.6. The molecule has 4 aromatic rings. The van der Waals surface area contributed by atoms with E-state index in [-0.39, 0.29) is 78.7 Å². The van der Waals surface area contributed by atoms with Crippen molar-refractivity contribution in [3.05, 3.63) is 96.1 Å². The first kappa shape index (κ1) is 56.3. The second-order valence-corrected chi connectivity index (χ2v) is 22.7. The Morgan fingerprint density at radius 3 is 1.81 bits per heavy atom. The summed E-state index contributed by atoms with van der Waals surface area (Å²) in [6, 6.07) is 25.3. The lowest BCUT2D eigenvalue weighted by molar-refractivity contribution is -0.130. The number of fused-ring (bicyclic) bond motifs is 2. The molecule has 1 heterocycles. The number of hydrogen-bond acceptors (Lipinski definition) is 9. The summed E-state index contributed by atoms with van der Waals surface area (Å²) in [6.45, 7) is 6.19. The predicted octanol–water partition coefficient (Wildman–Crippen LogP) is 4.37. The molecule has 0 unspecified atom stereocenters. The van der Waals surface area contributed by atoms with Crippen LogP contribution in [0.15, 0.2) is 84.9 Å². The molecule has 10 N–H and O–H groups in total. The van der Waals surface area contributed by atoms with E-state index in [1.54, 1.807) is 0 Å². The molecule has 1 saturated heterocycles. The van der Waals surface area contributed by atoms with Crippen LogP contribution in [-0.4, -0.2) is 103 Å². The van der Waals surface area contributed by atoms with Crippen molar-refractivity contribution in [3.63, 3.8) is 0 Å². The highest BCUT2D eigenvalue weighted by molar-refractivity contribution is 5.89. The van der Waals surface area contributed by atoms with Gasteiger partial charge in [-0.15, -0.1) is 0 Å². The lowest BCUT2D eigenvalue weighted by Gasteiger charge is -2.27. The molecule has 8 amide bonds. The predicted molar refractivity (Wildman–Crippen MR) is 295 cm³/mol. The number of benzene rings is 4. The summed E-state index contributed by atoms with van der Waals surface area (Å²) < 4.78 is 0. The molecular formula is C60H79N9O8. The first-order chi connectivity index (χ1) is 37.1. The number of carbonyl (C=O) groups is 8. The van der Waals surface area contributed by atoms with Gasteiger partial charge in [-0.1, -0.05) is 118 Å². The molecule has 4 aromatic carbocycles. The topological polar surface area (TPSA) is 259 Å². The van der Waals surface area contributed by atoms with E-state index in [1.807, 2.05) is 92.7 Å². The van der Waals surface area contributed by atoms with Crippen molar-refractivity contribution < 1.29 is 38.4 Å². The largest absolute Gasteiger partial charge is 0.369 e. The van der Waals surface area contributed by atoms with E-state index in [4.69, 9.17) is 5.73 Å². The number of hydrogen-bond donors (Lipinski definition) is 9. The van der Waals surface area contributed by atoms with Crippen LogP contribution in [0.25, 0.3) is 21.5 Å². The maximum atomic E-state index is 14.3. The van der Waals surface area contributed by atoms with Crippen molar-refractivity contribution in [2.75, 3.05) is 19.6 Å². The smallest absolute Gasteiger partial charge is 0.226 e. The normalized spacial score (nSPS) is 24.2. The van der Waals surface area contributed by atoms with Gasteiger partial charge < -0.3 is 48.3 Å². The lowest BCUT2D eigenvalue weighted by Crippen LogP contribution is -2.52. The van der Waals surface area contributed by atoms with E-state index < -0.39 is 59.7 Å². The van der Waals surface area contributed by atoms with Crippen LogP contribution in [0.3, 0.4) is 0 Å². The quantitative estimate of drug-likeness (QED) is 0.0511. The van der Waals surface area contributed by atoms with Gasteiger partial charge in [0.25, 0.3) is 0 Å². The van der Waals surface area contributed by atoms with Gasteiger partial charge in [-0.2, -0.15) is 0 Å². The standard InChI is InChI=1S/C60H79N9O8/c1-35(2)26-42(57(74)69-53-34-62-33-49(53)60(77)66-44(29-41-16-8-15-39-13-6-7-17-45(39)41)31-55(72)67-50-21-9-18-46(50)56(61)73)32-63-58(75)47-19-10-23-52(47)68-54(71)30-43(28-37-24-25-38-12-4-5-14-40(38)27-37)65-59(76)48-20-11-22-51(48)64-36(3)70/h4-8,12-17,24-25,27,35,42-44,46-53,62H,9-11,18-23,26,28-34H2,1-3H3,(H2,61,73)(H,63,75)(H,64,70)(H,65,76)(H,66,77)(H,67,72)(H,68,71)(H,69,74)/t42-,43-,44-,46-,47-,48-,49-,50-,51-,52-,53-/m0/s1. The molecule has 0 radical (unpaired) electrons. The van der Waals surface area contributed by atoms with Crippen LogP contribution in [-0.2, 0) is 51.2 Å². The van der Waals surface area contributed by atoms with E-state index in [0.29, 0.717) is 70.9 Å². The number of carbonyl (C=O) groups excluding carboxylic acids is 8. The summed E-state index contributed by atoms with van der Waals surface area (Å²) in [5.41, 5.74) is 7.60. The third-order valence-corrected chi connectivity index (χ3v) is 16.4. The van der Waals surface area contributed by atoms with Crippen LogP contribution < -0.4 is 48.3 Å². The number of nitrogens with two attached hydrogens (primary N) is 1. The Kier molecular flexibility index (Phi) is 19.3. The molecule has 17 nitrogen and oxygen atoms in total. The summed E-state index contributed by atoms with van der Waals surface area (Å²) in [5.74, 6) is -4.72. The average molecular weight is 1050 g/mol. The zero-order chi connectivity index (χ0) is 54.6. The molecule has 77 heavy (non-hydrogen) atoms. The summed E-state index contributed by atoms with van der Waals surface area (Å²) >= 11 is 0. The third kappa shape index (κ3) is 15.2. The second-order valence-electron chi connectivity index (χ2n) is 22.7. The van der Waals surface area contributed by atoms with E-state index in [9.17, 15) is 38.4 Å². The third-order valence-electron chi connectivity index (χ3n) is 16.4. The highest BCUT2D eigenvalue weighted by atomic mass is 16.2. The summed E-state index contributed by atoms with van der Waals surface area (Å²) in [6.07, 6.45) is 7.33. The lowest BCUT2D eigenvalue weighted by atomic mass is 9.93. The average Bonchev–Trinajstić information content (AvgIpc) is 4.24. The Hall–Kier alpha value is -6.88. The molecule has 0 spiro atoms. The van der Waals surface area contributed by atoms with Crippen LogP contribution in [0.5, 0.6) is 0 Å². The molecule has 0 aromatic heterocycles. The first-order valence-corrected chi connectivity index (χ1v) is 28.1. The fourth-order valence-electron chi connectivity index (χ4n) is 12.6. The molecule has 4 fully saturated rings. The Morgan fingerprint density at radius 1 is 0.571 bits per heavy atom. The Morgan fingerprint density at radius 2 is 1.14 bits per heavy atom. The highest BCUT2D eigenvalue weighted by Gasteiger charge is 2.40. The van der Waals surface area contributed by atoms with Crippen LogP contribution in [0.2, 0.25) is 0 Å². The number of rotatable bonds is 23. The Bertz CT molecular complexity index is 2780. The van der Waals surface area contributed by atoms with Crippen molar-refractivity contribution in [2.45, 2.75) is 147 Å². The summed E-state index contributed by atoms with van der Waals surface area (Å²) in [7, 11) is 0. The van der Waals surface area contributed by atoms with Crippen molar-refractivity contribution in [2.24, 2.45) is 41.2 Å². The van der Waals surface area contributed by atoms with Gasteiger partial charge in [-0.25, -0.2) is 0 Å². The van der Waals surface area contributed by atoms with Crippen molar-refractivity contribution in [1.29, 1.82) is 0 Å². The van der Waals surface area contributed by atoms with Crippen LogP contribution in [0.1, 0.15) is 109 Å². The summed E-state index contributed by atoms with van der Waals surface area (Å²) in [4.78, 5) is 108. The molecular weight excluding hydrogens is 975 g/mol. The molecule has 4 aliphatic rings. The van der Waals surface area contributed by atoms with Crippen molar-refractivity contribution in [1.82, 2.24) is 42.5 Å². The van der Waals surface area contributed by atoms with Crippen LogP contribution in [0, 0.1) is 35.5 Å². The van der Waals surface area contributed by atoms with Gasteiger partial charge in [0.2, 0.25) is 47.3 Å². The SMILES string of the molecule is CC(=O)N[C@H]1CCC[C@@H]1C(=O)N[C@H](CC(=O)N[C@H]1CCC[C@@H]1C(=O)NC[C@H](CC(C)C)C(=O)N[C@H]1CNC[C@@H]1C(=O)N[C@H](CC(=O)N[C@H]1CCC[C@@H]1C(N)=O)Cc1cccc2ccccc12)Cc1ccc2ccccc2c1. The zero-order valence-electron chi connectivity index (χ0n) is 44.9. The molecule has 8 rings (SSSR count). The van der Waals surface area contributed by atoms with Gasteiger partial charge in [0.15, 0.2) is 0 Å². The fraction of sp³-hybridized carbons (Fsp3) is 0.533. The van der Waals surface area contributed by atoms with Crippen molar-refractivity contribution in [3.8, 4) is 0 Å². The molecule has 17 heteroatoms. The monoisotopic (exact) mass is 1050 g/mol. The molecule has 412 valence electrons.